The maximum absolute atomic E-state index is 5.81. The van der Waals surface area contributed by atoms with E-state index in [1.165, 1.54) is 11.1 Å². The Hall–Kier alpha value is -3.66. The van der Waals surface area contributed by atoms with Crippen molar-refractivity contribution in [1.82, 2.24) is 14.8 Å². The predicted molar refractivity (Wildman–Crippen MR) is 136 cm³/mol. The molecule has 0 atom stereocenters. The van der Waals surface area contributed by atoms with E-state index in [1.807, 2.05) is 25.3 Å². The molecule has 5 rings (SSSR count). The second-order valence-corrected chi connectivity index (χ2v) is 9.56. The molecule has 5 aromatic rings. The summed E-state index contributed by atoms with van der Waals surface area (Å²) in [7, 11) is 0. The van der Waals surface area contributed by atoms with Crippen molar-refractivity contribution in [2.24, 2.45) is 0 Å². The molecule has 0 aliphatic carbocycles. The molecular weight excluding hydrogens is 406 g/mol. The molecule has 0 aliphatic rings. The van der Waals surface area contributed by atoms with Crippen molar-refractivity contribution in [2.75, 3.05) is 6.61 Å². The predicted octanol–water partition coefficient (Wildman–Crippen LogP) is 7.25. The van der Waals surface area contributed by atoms with Gasteiger partial charge >= 0.3 is 0 Å². The van der Waals surface area contributed by atoms with Gasteiger partial charge in [0.05, 0.1) is 23.3 Å². The molecule has 0 radical (unpaired) electrons. The van der Waals surface area contributed by atoms with Crippen LogP contribution in [0.15, 0.2) is 72.9 Å². The van der Waals surface area contributed by atoms with Gasteiger partial charge in [0.2, 0.25) is 0 Å². The largest absolute Gasteiger partial charge is 0.494 e. The Labute approximate surface area is 194 Å². The van der Waals surface area contributed by atoms with Crippen LogP contribution in [0.25, 0.3) is 38.8 Å². The number of rotatable bonds is 4. The molecular formula is C29H29N3O. The molecule has 0 unspecified atom stereocenters. The van der Waals surface area contributed by atoms with Crippen molar-refractivity contribution in [3.63, 3.8) is 0 Å². The molecule has 4 nitrogen and oxygen atoms in total. The van der Waals surface area contributed by atoms with Gasteiger partial charge in [0.1, 0.15) is 11.4 Å². The molecule has 2 heterocycles. The minimum atomic E-state index is 0.0980. The minimum absolute atomic E-state index is 0.0980. The zero-order chi connectivity index (χ0) is 23.2. The lowest BCUT2D eigenvalue weighted by atomic mass is 9.87. The second-order valence-electron chi connectivity index (χ2n) is 9.56. The molecule has 4 heteroatoms. The fourth-order valence-electron chi connectivity index (χ4n) is 4.23. The highest BCUT2D eigenvalue weighted by Gasteiger charge is 2.19. The van der Waals surface area contributed by atoms with Gasteiger partial charge in [-0.1, -0.05) is 62.7 Å². The lowest BCUT2D eigenvalue weighted by molar-refractivity contribution is 0.341. The van der Waals surface area contributed by atoms with Crippen molar-refractivity contribution in [3.8, 4) is 22.7 Å². The van der Waals surface area contributed by atoms with E-state index in [2.05, 4.69) is 87.0 Å². The van der Waals surface area contributed by atoms with Crippen LogP contribution in [0, 0.1) is 6.92 Å². The number of fused-ring (bicyclic) bond motifs is 3. The Morgan fingerprint density at radius 3 is 2.27 bits per heavy atom. The maximum atomic E-state index is 5.81. The van der Waals surface area contributed by atoms with Crippen LogP contribution in [0.2, 0.25) is 0 Å². The van der Waals surface area contributed by atoms with Crippen molar-refractivity contribution >= 4 is 21.8 Å². The minimum Gasteiger partial charge on any atom is -0.494 e. The first-order valence-electron chi connectivity index (χ1n) is 11.5. The normalized spacial score (nSPS) is 11.9. The van der Waals surface area contributed by atoms with Gasteiger partial charge in [-0.25, -0.2) is 4.68 Å². The molecule has 0 N–H and O–H groups in total. The topological polar surface area (TPSA) is 39.9 Å². The Morgan fingerprint density at radius 2 is 1.61 bits per heavy atom. The van der Waals surface area contributed by atoms with E-state index in [1.54, 1.807) is 0 Å². The van der Waals surface area contributed by atoms with Crippen LogP contribution in [-0.4, -0.2) is 21.4 Å². The lowest BCUT2D eigenvalue weighted by Crippen LogP contribution is -2.11. The van der Waals surface area contributed by atoms with Gasteiger partial charge in [0.25, 0.3) is 0 Å². The number of ether oxygens (including phenoxy) is 1. The molecule has 166 valence electrons. The van der Waals surface area contributed by atoms with E-state index in [4.69, 9.17) is 14.8 Å². The van der Waals surface area contributed by atoms with Crippen LogP contribution >= 0.6 is 0 Å². The van der Waals surface area contributed by atoms with E-state index >= 15 is 0 Å². The van der Waals surface area contributed by atoms with E-state index < -0.39 is 0 Å². The fourth-order valence-corrected chi connectivity index (χ4v) is 4.23. The smallest absolute Gasteiger partial charge is 0.120 e. The van der Waals surface area contributed by atoms with Crippen molar-refractivity contribution in [3.05, 3.63) is 84.1 Å². The highest BCUT2D eigenvalue weighted by Crippen LogP contribution is 2.35. The zero-order valence-electron chi connectivity index (χ0n) is 19.9. The average molecular weight is 436 g/mol. The van der Waals surface area contributed by atoms with Gasteiger partial charge in [-0.05, 0) is 55.2 Å². The van der Waals surface area contributed by atoms with Crippen LogP contribution in [0.4, 0.5) is 0 Å². The molecule has 33 heavy (non-hydrogen) atoms. The zero-order valence-corrected chi connectivity index (χ0v) is 19.9. The van der Waals surface area contributed by atoms with Gasteiger partial charge in [-0.2, -0.15) is 5.10 Å². The van der Waals surface area contributed by atoms with Crippen molar-refractivity contribution in [2.45, 2.75) is 40.0 Å². The molecule has 0 amide bonds. The number of nitrogens with zero attached hydrogens (tertiary/aromatic N) is 3. The van der Waals surface area contributed by atoms with Gasteiger partial charge in [-0.3, -0.25) is 4.98 Å². The summed E-state index contributed by atoms with van der Waals surface area (Å²) in [5.74, 6) is 0.840. The Bertz CT molecular complexity index is 1440. The van der Waals surface area contributed by atoms with Crippen LogP contribution in [0.1, 0.15) is 38.8 Å². The molecule has 0 saturated heterocycles. The van der Waals surface area contributed by atoms with E-state index in [0.29, 0.717) is 6.61 Å². The first kappa shape index (κ1) is 21.2. The molecule has 0 fully saturated rings. The first-order chi connectivity index (χ1) is 15.8. The summed E-state index contributed by atoms with van der Waals surface area (Å²) >= 11 is 0. The number of benzene rings is 3. The number of aromatic nitrogens is 3. The van der Waals surface area contributed by atoms with Crippen molar-refractivity contribution in [1.29, 1.82) is 0 Å². The Morgan fingerprint density at radius 1 is 0.879 bits per heavy atom. The van der Waals surface area contributed by atoms with E-state index in [9.17, 15) is 0 Å². The maximum Gasteiger partial charge on any atom is 0.120 e. The molecule has 0 aliphatic heterocycles. The fraction of sp³-hybridized carbons (Fsp3) is 0.241. The second kappa shape index (κ2) is 8.04. The summed E-state index contributed by atoms with van der Waals surface area (Å²) in [4.78, 5) is 4.76. The van der Waals surface area contributed by atoms with Crippen LogP contribution in [0.5, 0.6) is 5.75 Å². The molecule has 3 aromatic carbocycles. The van der Waals surface area contributed by atoms with Crippen LogP contribution < -0.4 is 4.74 Å². The van der Waals surface area contributed by atoms with Gasteiger partial charge in [0, 0.05) is 22.5 Å². The SMILES string of the molecule is CCOc1ccc2ncc3c(-c4ccc(C)cc4)nn(-c4ccc(C(C)(C)C)cc4)c3c2c1. The third-order valence-electron chi connectivity index (χ3n) is 6.09. The summed E-state index contributed by atoms with van der Waals surface area (Å²) in [6.45, 7) is 11.4. The third-order valence-corrected chi connectivity index (χ3v) is 6.09. The quantitative estimate of drug-likeness (QED) is 0.299. The number of aryl methyl sites for hydroxylation is 1. The summed E-state index contributed by atoms with van der Waals surface area (Å²) < 4.78 is 7.86. The standard InChI is InChI=1S/C29H29N3O/c1-6-33-23-15-16-26-24(17-23)28-25(18-30-26)27(20-9-7-19(2)8-10-20)31-32(28)22-13-11-21(12-14-22)29(3,4)5/h7-18H,6H2,1-5H3. The molecule has 0 bridgehead atoms. The number of hydrogen-bond donors (Lipinski definition) is 0. The summed E-state index contributed by atoms with van der Waals surface area (Å²) in [6, 6.07) is 23.3. The summed E-state index contributed by atoms with van der Waals surface area (Å²) in [5.41, 5.74) is 7.63. The summed E-state index contributed by atoms with van der Waals surface area (Å²) in [5, 5.41) is 7.17. The van der Waals surface area contributed by atoms with Crippen LogP contribution in [0.3, 0.4) is 0 Å². The first-order valence-corrected chi connectivity index (χ1v) is 11.5. The molecule has 2 aromatic heterocycles. The van der Waals surface area contributed by atoms with Gasteiger partial charge < -0.3 is 4.74 Å². The highest BCUT2D eigenvalue weighted by atomic mass is 16.5. The number of hydrogen-bond acceptors (Lipinski definition) is 3. The monoisotopic (exact) mass is 435 g/mol. The molecule has 0 spiro atoms. The van der Waals surface area contributed by atoms with Crippen molar-refractivity contribution < 1.29 is 4.74 Å². The average Bonchev–Trinajstić information content (AvgIpc) is 3.19. The Balaban J connectivity index is 1.80. The molecule has 0 saturated carbocycles. The summed E-state index contributed by atoms with van der Waals surface area (Å²) in [6.07, 6.45) is 1.94. The van der Waals surface area contributed by atoms with Gasteiger partial charge in [-0.15, -0.1) is 0 Å². The van der Waals surface area contributed by atoms with Gasteiger partial charge in [0.15, 0.2) is 0 Å². The van der Waals surface area contributed by atoms with E-state index in [0.717, 1.165) is 44.5 Å². The van der Waals surface area contributed by atoms with E-state index in [-0.39, 0.29) is 5.41 Å². The number of pyridine rings is 1. The lowest BCUT2D eigenvalue weighted by Gasteiger charge is -2.19. The Kier molecular flexibility index (Phi) is 5.16. The highest BCUT2D eigenvalue weighted by molar-refractivity contribution is 6.09. The van der Waals surface area contributed by atoms with Crippen LogP contribution in [-0.2, 0) is 5.41 Å². The third kappa shape index (κ3) is 3.86.